The third-order valence-electron chi connectivity index (χ3n) is 3.29. The lowest BCUT2D eigenvalue weighted by atomic mass is 10.1. The topological polar surface area (TPSA) is 55.1 Å². The van der Waals surface area contributed by atoms with Crippen molar-refractivity contribution in [3.63, 3.8) is 0 Å². The third-order valence-corrected chi connectivity index (χ3v) is 3.56. The second-order valence-corrected chi connectivity index (χ2v) is 5.23. The molecule has 0 amide bonds. The highest BCUT2D eigenvalue weighted by molar-refractivity contribution is 6.32. The number of fused-ring (bicyclic) bond motifs is 1. The number of halogens is 4. The van der Waals surface area contributed by atoms with Crippen LogP contribution in [-0.2, 0) is 0 Å². The zero-order valence-electron chi connectivity index (χ0n) is 11.8. The van der Waals surface area contributed by atoms with Gasteiger partial charge in [0.2, 0.25) is 0 Å². The van der Waals surface area contributed by atoms with E-state index in [1.54, 1.807) is 30.3 Å². The van der Waals surface area contributed by atoms with Crippen molar-refractivity contribution in [2.24, 2.45) is 0 Å². The van der Waals surface area contributed by atoms with Gasteiger partial charge in [0.15, 0.2) is 0 Å². The van der Waals surface area contributed by atoms with Crippen molar-refractivity contribution in [3.8, 4) is 11.1 Å². The van der Waals surface area contributed by atoms with Crippen molar-refractivity contribution in [2.75, 3.05) is 5.32 Å². The van der Waals surface area contributed by atoms with Gasteiger partial charge < -0.3 is 5.32 Å². The average Bonchev–Trinajstić information content (AvgIpc) is 2.95. The van der Waals surface area contributed by atoms with Crippen molar-refractivity contribution >= 4 is 23.2 Å². The highest BCUT2D eigenvalue weighted by Gasteiger charge is 2.37. The van der Waals surface area contributed by atoms with Crippen molar-refractivity contribution in [3.05, 3.63) is 41.8 Å². The lowest BCUT2D eigenvalue weighted by molar-refractivity contribution is -0.138. The Bertz CT molecular complexity index is 832. The Labute approximate surface area is 134 Å². The Kier molecular flexibility index (Phi) is 3.85. The largest absolute Gasteiger partial charge is 0.408 e. The molecule has 3 rings (SSSR count). The molecule has 0 aliphatic rings. The smallest absolute Gasteiger partial charge is 0.358 e. The summed E-state index contributed by atoms with van der Waals surface area (Å²) in [6.45, 7) is 1.02. The molecule has 23 heavy (non-hydrogen) atoms. The van der Waals surface area contributed by atoms with Crippen LogP contribution in [0.4, 0.5) is 19.0 Å². The van der Waals surface area contributed by atoms with Crippen LogP contribution in [0.3, 0.4) is 0 Å². The van der Waals surface area contributed by atoms with Crippen LogP contribution >= 0.6 is 11.6 Å². The summed E-state index contributed by atoms with van der Waals surface area (Å²) in [4.78, 5) is 7.96. The van der Waals surface area contributed by atoms with Crippen LogP contribution in [0.5, 0.6) is 0 Å². The van der Waals surface area contributed by atoms with Gasteiger partial charge in [-0.3, -0.25) is 0 Å². The zero-order valence-corrected chi connectivity index (χ0v) is 12.6. The molecule has 0 radical (unpaired) electrons. The predicted octanol–water partition coefficient (Wildman–Crippen LogP) is 3.81. The molecule has 2 heterocycles. The predicted molar refractivity (Wildman–Crippen MR) is 80.4 cm³/mol. The lowest BCUT2D eigenvalue weighted by Crippen LogP contribution is -2.34. The van der Waals surface area contributed by atoms with E-state index in [-0.39, 0.29) is 16.7 Å². The van der Waals surface area contributed by atoms with Gasteiger partial charge in [0.05, 0.1) is 5.56 Å². The van der Waals surface area contributed by atoms with Gasteiger partial charge in [-0.05, 0) is 12.5 Å². The summed E-state index contributed by atoms with van der Waals surface area (Å²) >= 11 is 6.18. The second-order valence-electron chi connectivity index (χ2n) is 4.87. The fraction of sp³-hybridized carbons (Fsp3) is 0.214. The summed E-state index contributed by atoms with van der Waals surface area (Å²) in [6.07, 6.45) is -3.21. The van der Waals surface area contributed by atoms with E-state index in [0.29, 0.717) is 11.1 Å². The van der Waals surface area contributed by atoms with E-state index in [1.807, 2.05) is 0 Å². The van der Waals surface area contributed by atoms with Gasteiger partial charge in [-0.1, -0.05) is 41.9 Å². The fourth-order valence-electron chi connectivity index (χ4n) is 2.10. The standard InChI is InChI=1S/C14H11ClF3N5/c1-8(14(16,17)18)21-12-10(9-5-3-2-4-6-9)11(15)22-13-19-7-20-23(12)13/h2-8,21H,1H3/t8-/m0/s1. The van der Waals surface area contributed by atoms with E-state index in [4.69, 9.17) is 11.6 Å². The maximum atomic E-state index is 12.9. The molecule has 0 aliphatic carbocycles. The second kappa shape index (κ2) is 5.69. The van der Waals surface area contributed by atoms with Crippen LogP contribution in [-0.4, -0.2) is 31.8 Å². The van der Waals surface area contributed by atoms with Crippen LogP contribution in [0.15, 0.2) is 36.7 Å². The Morgan fingerprint density at radius 2 is 1.91 bits per heavy atom. The quantitative estimate of drug-likeness (QED) is 0.736. The fourth-order valence-corrected chi connectivity index (χ4v) is 2.37. The average molecular weight is 342 g/mol. The monoisotopic (exact) mass is 341 g/mol. The number of nitrogens with one attached hydrogen (secondary N) is 1. The van der Waals surface area contributed by atoms with Gasteiger partial charge in [0.25, 0.3) is 5.78 Å². The van der Waals surface area contributed by atoms with E-state index >= 15 is 0 Å². The molecule has 0 spiro atoms. The number of alkyl halides is 3. The first-order chi connectivity index (χ1) is 10.9. The molecule has 0 saturated carbocycles. The molecule has 0 bridgehead atoms. The summed E-state index contributed by atoms with van der Waals surface area (Å²) < 4.78 is 40.0. The number of nitrogens with zero attached hydrogens (tertiary/aromatic N) is 4. The number of hydrogen-bond donors (Lipinski definition) is 1. The van der Waals surface area contributed by atoms with Gasteiger partial charge in [0, 0.05) is 0 Å². The molecule has 120 valence electrons. The molecule has 3 aromatic rings. The van der Waals surface area contributed by atoms with Gasteiger partial charge >= 0.3 is 6.18 Å². The molecule has 2 aromatic heterocycles. The highest BCUT2D eigenvalue weighted by atomic mass is 35.5. The summed E-state index contributed by atoms with van der Waals surface area (Å²) in [5.41, 5.74) is 0.959. The Balaban J connectivity index is 2.22. The van der Waals surface area contributed by atoms with E-state index in [0.717, 1.165) is 6.92 Å². The Hall–Kier alpha value is -2.35. The summed E-state index contributed by atoms with van der Waals surface area (Å²) in [5, 5.41) is 6.42. The first-order valence-electron chi connectivity index (χ1n) is 6.66. The van der Waals surface area contributed by atoms with Crippen molar-refractivity contribution in [2.45, 2.75) is 19.1 Å². The molecular formula is C14H11ClF3N5. The van der Waals surface area contributed by atoms with Crippen molar-refractivity contribution in [1.29, 1.82) is 0 Å². The molecule has 1 aromatic carbocycles. The van der Waals surface area contributed by atoms with Crippen molar-refractivity contribution < 1.29 is 13.2 Å². The summed E-state index contributed by atoms with van der Waals surface area (Å²) in [6, 6.07) is 6.98. The summed E-state index contributed by atoms with van der Waals surface area (Å²) in [7, 11) is 0. The first-order valence-corrected chi connectivity index (χ1v) is 7.03. The minimum Gasteiger partial charge on any atom is -0.358 e. The molecule has 1 atom stereocenters. The van der Waals surface area contributed by atoms with Gasteiger partial charge in [-0.2, -0.15) is 32.8 Å². The van der Waals surface area contributed by atoms with Crippen LogP contribution in [0.1, 0.15) is 6.92 Å². The minimum absolute atomic E-state index is 0.0496. The molecule has 0 aliphatic heterocycles. The number of rotatable bonds is 3. The van der Waals surface area contributed by atoms with Crippen molar-refractivity contribution in [1.82, 2.24) is 19.6 Å². The molecule has 5 nitrogen and oxygen atoms in total. The highest BCUT2D eigenvalue weighted by Crippen LogP contribution is 2.35. The van der Waals surface area contributed by atoms with Crippen LogP contribution in [0.25, 0.3) is 16.9 Å². The Morgan fingerprint density at radius 1 is 1.22 bits per heavy atom. The number of hydrogen-bond acceptors (Lipinski definition) is 4. The van der Waals surface area contributed by atoms with E-state index < -0.39 is 12.2 Å². The zero-order chi connectivity index (χ0) is 16.6. The SMILES string of the molecule is C[C@H](Nc1c(-c2ccccc2)c(Cl)nc2ncnn12)C(F)(F)F. The van der Waals surface area contributed by atoms with Crippen LogP contribution in [0.2, 0.25) is 5.15 Å². The van der Waals surface area contributed by atoms with E-state index in [9.17, 15) is 13.2 Å². The molecule has 1 N–H and O–H groups in total. The number of anilines is 1. The van der Waals surface area contributed by atoms with Gasteiger partial charge in [-0.25, -0.2) is 0 Å². The molecular weight excluding hydrogens is 331 g/mol. The molecule has 0 unspecified atom stereocenters. The van der Waals surface area contributed by atoms with Gasteiger partial charge in [-0.15, -0.1) is 0 Å². The van der Waals surface area contributed by atoms with E-state index in [2.05, 4.69) is 20.4 Å². The third kappa shape index (κ3) is 2.94. The first kappa shape index (κ1) is 15.5. The molecule has 0 saturated heterocycles. The number of aromatic nitrogens is 4. The minimum atomic E-state index is -4.42. The maximum absolute atomic E-state index is 12.9. The lowest BCUT2D eigenvalue weighted by Gasteiger charge is -2.21. The molecule has 0 fully saturated rings. The molecule has 9 heteroatoms. The normalized spacial score (nSPS) is 13.3. The van der Waals surface area contributed by atoms with Crippen LogP contribution < -0.4 is 5.32 Å². The van der Waals surface area contributed by atoms with E-state index in [1.165, 1.54) is 10.8 Å². The van der Waals surface area contributed by atoms with Crippen LogP contribution in [0, 0.1) is 0 Å². The maximum Gasteiger partial charge on any atom is 0.408 e. The number of benzene rings is 1. The summed E-state index contributed by atoms with van der Waals surface area (Å²) in [5.74, 6) is 0.208. The van der Waals surface area contributed by atoms with Gasteiger partial charge in [0.1, 0.15) is 23.3 Å². The Morgan fingerprint density at radius 3 is 2.57 bits per heavy atom.